The van der Waals surface area contributed by atoms with Crippen LogP contribution in [-0.2, 0) is 12.1 Å². The number of para-hydroxylation sites is 1. The van der Waals surface area contributed by atoms with Gasteiger partial charge in [0.2, 0.25) is 0 Å². The molecule has 1 saturated heterocycles. The van der Waals surface area contributed by atoms with E-state index in [1.165, 1.54) is 5.56 Å². The monoisotopic (exact) mass is 386 g/mol. The molecule has 0 aliphatic carbocycles. The predicted molar refractivity (Wildman–Crippen MR) is 110 cm³/mol. The van der Waals surface area contributed by atoms with Gasteiger partial charge >= 0.3 is 0 Å². The van der Waals surface area contributed by atoms with Crippen LogP contribution in [0.5, 0.6) is 5.75 Å². The van der Waals surface area contributed by atoms with E-state index in [2.05, 4.69) is 65.2 Å². The SMILES string of the molecule is CCC(c1nnnn1C(C)(C)CC)N1CCN(Cc2ccccc2OC)CC1. The first-order valence-corrected chi connectivity index (χ1v) is 10.4. The molecule has 1 aliphatic heterocycles. The molecule has 154 valence electrons. The Morgan fingerprint density at radius 1 is 1.11 bits per heavy atom. The number of methoxy groups -OCH3 is 1. The molecule has 2 heterocycles. The average molecular weight is 387 g/mol. The molecule has 0 spiro atoms. The van der Waals surface area contributed by atoms with Gasteiger partial charge < -0.3 is 4.74 Å². The van der Waals surface area contributed by atoms with Gasteiger partial charge in [0.1, 0.15) is 5.75 Å². The molecule has 0 N–H and O–H groups in total. The molecule has 1 unspecified atom stereocenters. The first-order chi connectivity index (χ1) is 13.5. The maximum Gasteiger partial charge on any atom is 0.168 e. The van der Waals surface area contributed by atoms with Crippen molar-refractivity contribution in [3.8, 4) is 5.75 Å². The highest BCUT2D eigenvalue weighted by molar-refractivity contribution is 5.33. The summed E-state index contributed by atoms with van der Waals surface area (Å²) >= 11 is 0. The topological polar surface area (TPSA) is 59.3 Å². The number of ether oxygens (including phenoxy) is 1. The lowest BCUT2D eigenvalue weighted by Gasteiger charge is -2.39. The molecule has 1 aromatic carbocycles. The van der Waals surface area contributed by atoms with E-state index in [9.17, 15) is 0 Å². The van der Waals surface area contributed by atoms with Gasteiger partial charge in [0, 0.05) is 38.3 Å². The van der Waals surface area contributed by atoms with Gasteiger partial charge in [-0.2, -0.15) is 0 Å². The Morgan fingerprint density at radius 3 is 2.46 bits per heavy atom. The molecule has 7 heteroatoms. The maximum atomic E-state index is 5.51. The molecule has 0 amide bonds. The van der Waals surface area contributed by atoms with Crippen LogP contribution in [0.25, 0.3) is 0 Å². The second-order valence-electron chi connectivity index (χ2n) is 8.16. The summed E-state index contributed by atoms with van der Waals surface area (Å²) in [6.07, 6.45) is 2.00. The van der Waals surface area contributed by atoms with Gasteiger partial charge in [-0.05, 0) is 43.2 Å². The molecule has 0 bridgehead atoms. The second kappa shape index (κ2) is 9.01. The number of hydrogen-bond acceptors (Lipinski definition) is 6. The predicted octanol–water partition coefficient (Wildman–Crippen LogP) is 3.10. The number of rotatable bonds is 8. The third-order valence-corrected chi connectivity index (χ3v) is 6.05. The van der Waals surface area contributed by atoms with Crippen LogP contribution in [0.1, 0.15) is 58.0 Å². The minimum atomic E-state index is -0.0715. The molecule has 1 atom stereocenters. The molecule has 28 heavy (non-hydrogen) atoms. The van der Waals surface area contributed by atoms with Gasteiger partial charge in [-0.3, -0.25) is 9.80 Å². The summed E-state index contributed by atoms with van der Waals surface area (Å²) in [5.74, 6) is 1.96. The minimum absolute atomic E-state index is 0.0715. The fourth-order valence-corrected chi connectivity index (χ4v) is 3.89. The third-order valence-electron chi connectivity index (χ3n) is 6.05. The highest BCUT2D eigenvalue weighted by Gasteiger charge is 2.32. The summed E-state index contributed by atoms with van der Waals surface area (Å²) in [4.78, 5) is 5.03. The van der Waals surface area contributed by atoms with Crippen molar-refractivity contribution in [2.45, 2.75) is 58.7 Å². The molecule has 0 radical (unpaired) electrons. The molecular formula is C21H34N6O. The second-order valence-corrected chi connectivity index (χ2v) is 8.16. The molecule has 1 aromatic heterocycles. The maximum absolute atomic E-state index is 5.51. The first kappa shape index (κ1) is 20.7. The molecular weight excluding hydrogens is 352 g/mol. The van der Waals surface area contributed by atoms with Gasteiger partial charge in [0.05, 0.1) is 18.7 Å². The van der Waals surface area contributed by atoms with Gasteiger partial charge in [0.25, 0.3) is 0 Å². The summed E-state index contributed by atoms with van der Waals surface area (Å²) in [6.45, 7) is 13.8. The average Bonchev–Trinajstić information content (AvgIpc) is 3.21. The van der Waals surface area contributed by atoms with Crippen LogP contribution in [0.15, 0.2) is 24.3 Å². The van der Waals surface area contributed by atoms with Crippen LogP contribution in [0.2, 0.25) is 0 Å². The fraction of sp³-hybridized carbons (Fsp3) is 0.667. The first-order valence-electron chi connectivity index (χ1n) is 10.4. The Labute approximate surface area is 168 Å². The van der Waals surface area contributed by atoms with E-state index >= 15 is 0 Å². The van der Waals surface area contributed by atoms with Crippen molar-refractivity contribution in [3.05, 3.63) is 35.7 Å². The molecule has 0 saturated carbocycles. The molecule has 2 aromatic rings. The van der Waals surface area contributed by atoms with E-state index in [1.807, 2.05) is 16.8 Å². The van der Waals surface area contributed by atoms with E-state index in [-0.39, 0.29) is 11.6 Å². The lowest BCUT2D eigenvalue weighted by Crippen LogP contribution is -2.48. The summed E-state index contributed by atoms with van der Waals surface area (Å²) in [6, 6.07) is 8.55. The van der Waals surface area contributed by atoms with Crippen LogP contribution in [0.4, 0.5) is 0 Å². The summed E-state index contributed by atoms with van der Waals surface area (Å²) in [7, 11) is 1.74. The van der Waals surface area contributed by atoms with Crippen molar-refractivity contribution in [3.63, 3.8) is 0 Å². The summed E-state index contributed by atoms with van der Waals surface area (Å²) < 4.78 is 7.54. The highest BCUT2D eigenvalue weighted by Crippen LogP contribution is 2.29. The normalized spacial score (nSPS) is 17.6. The van der Waals surface area contributed by atoms with E-state index in [0.717, 1.165) is 57.1 Å². The van der Waals surface area contributed by atoms with E-state index in [0.29, 0.717) is 0 Å². The number of hydrogen-bond donors (Lipinski definition) is 0. The van der Waals surface area contributed by atoms with Crippen molar-refractivity contribution < 1.29 is 4.74 Å². The summed E-state index contributed by atoms with van der Waals surface area (Å²) in [5, 5.41) is 12.7. The lowest BCUT2D eigenvalue weighted by atomic mass is 10.0. The number of tetrazole rings is 1. The zero-order chi connectivity index (χ0) is 20.1. The minimum Gasteiger partial charge on any atom is -0.496 e. The van der Waals surface area contributed by atoms with Crippen LogP contribution in [0.3, 0.4) is 0 Å². The summed E-state index contributed by atoms with van der Waals surface area (Å²) in [5.41, 5.74) is 1.18. The van der Waals surface area contributed by atoms with Crippen molar-refractivity contribution in [1.82, 2.24) is 30.0 Å². The fourth-order valence-electron chi connectivity index (χ4n) is 3.89. The van der Waals surface area contributed by atoms with Crippen molar-refractivity contribution in [2.75, 3.05) is 33.3 Å². The Hall–Kier alpha value is -1.99. The van der Waals surface area contributed by atoms with Crippen LogP contribution < -0.4 is 4.74 Å². The van der Waals surface area contributed by atoms with Crippen LogP contribution >= 0.6 is 0 Å². The van der Waals surface area contributed by atoms with Crippen LogP contribution in [-0.4, -0.2) is 63.3 Å². The molecule has 1 aliphatic rings. The molecule has 7 nitrogen and oxygen atoms in total. The van der Waals surface area contributed by atoms with E-state index < -0.39 is 0 Å². The van der Waals surface area contributed by atoms with Crippen molar-refractivity contribution in [1.29, 1.82) is 0 Å². The van der Waals surface area contributed by atoms with E-state index in [4.69, 9.17) is 4.74 Å². The molecule has 1 fully saturated rings. The van der Waals surface area contributed by atoms with Gasteiger partial charge in [-0.15, -0.1) is 5.10 Å². The largest absolute Gasteiger partial charge is 0.496 e. The Morgan fingerprint density at radius 2 is 1.82 bits per heavy atom. The van der Waals surface area contributed by atoms with Gasteiger partial charge in [0.15, 0.2) is 5.82 Å². The van der Waals surface area contributed by atoms with Crippen molar-refractivity contribution >= 4 is 0 Å². The quantitative estimate of drug-likeness (QED) is 0.695. The van der Waals surface area contributed by atoms with Gasteiger partial charge in [-0.25, -0.2) is 4.68 Å². The number of benzene rings is 1. The Kier molecular flexibility index (Phi) is 6.67. The Balaban J connectivity index is 1.66. The number of nitrogens with zero attached hydrogens (tertiary/aromatic N) is 6. The van der Waals surface area contributed by atoms with Crippen molar-refractivity contribution in [2.24, 2.45) is 0 Å². The van der Waals surface area contributed by atoms with E-state index in [1.54, 1.807) is 7.11 Å². The third kappa shape index (κ3) is 4.36. The Bertz CT molecular complexity index is 751. The molecule has 3 rings (SSSR count). The number of aromatic nitrogens is 4. The smallest absolute Gasteiger partial charge is 0.168 e. The number of piperazine rings is 1. The van der Waals surface area contributed by atoms with Crippen LogP contribution in [0, 0.1) is 0 Å². The standard InChI is InChI=1S/C21H34N6O/c1-6-18(20-22-23-24-27(20)21(3,4)7-2)26-14-12-25(13-15-26)16-17-10-8-9-11-19(17)28-5/h8-11,18H,6-7,12-16H2,1-5H3. The zero-order valence-electron chi connectivity index (χ0n) is 17.9. The van der Waals surface area contributed by atoms with Gasteiger partial charge in [-0.1, -0.05) is 32.0 Å². The highest BCUT2D eigenvalue weighted by atomic mass is 16.5. The zero-order valence-corrected chi connectivity index (χ0v) is 17.9. The lowest BCUT2D eigenvalue weighted by molar-refractivity contribution is 0.0808.